The summed E-state index contributed by atoms with van der Waals surface area (Å²) in [5, 5.41) is 0.995. The highest BCUT2D eigenvalue weighted by atomic mass is 16.2. The van der Waals surface area contributed by atoms with Crippen LogP contribution < -0.4 is 5.56 Å². The lowest BCUT2D eigenvalue weighted by atomic mass is 9.90. The summed E-state index contributed by atoms with van der Waals surface area (Å²) < 4.78 is 1.61. The minimum absolute atomic E-state index is 0.0906. The predicted octanol–water partition coefficient (Wildman–Crippen LogP) is 2.40. The molecular formula is C18H20N2O2. The zero-order valence-corrected chi connectivity index (χ0v) is 12.6. The number of amides is 1. The number of hydrogen-bond acceptors (Lipinski definition) is 2. The van der Waals surface area contributed by atoms with Gasteiger partial charge in [0, 0.05) is 18.7 Å². The van der Waals surface area contributed by atoms with Gasteiger partial charge in [0.25, 0.3) is 5.56 Å². The minimum atomic E-state index is -0.103. The Kier molecular flexibility index (Phi) is 3.25. The smallest absolute Gasteiger partial charge is 0.251 e. The predicted molar refractivity (Wildman–Crippen MR) is 85.7 cm³/mol. The van der Waals surface area contributed by atoms with E-state index in [4.69, 9.17) is 0 Å². The van der Waals surface area contributed by atoms with Crippen LogP contribution in [0, 0.1) is 5.92 Å². The zero-order chi connectivity index (χ0) is 15.1. The lowest BCUT2D eigenvalue weighted by molar-refractivity contribution is -0.132. The molecule has 1 aromatic heterocycles. The molecule has 0 N–H and O–H groups in total. The Balaban J connectivity index is 1.65. The summed E-state index contributed by atoms with van der Waals surface area (Å²) in [6.07, 6.45) is 4.74. The molecule has 2 atom stereocenters. The van der Waals surface area contributed by atoms with Gasteiger partial charge in [0.2, 0.25) is 5.91 Å². The molecule has 0 radical (unpaired) electrons. The van der Waals surface area contributed by atoms with Crippen LogP contribution in [-0.4, -0.2) is 28.0 Å². The van der Waals surface area contributed by atoms with Gasteiger partial charge in [-0.05, 0) is 42.7 Å². The average Bonchev–Trinajstić information content (AvgIpc) is 2.84. The molecule has 1 amide bonds. The van der Waals surface area contributed by atoms with Crippen molar-refractivity contribution in [3.63, 3.8) is 0 Å². The summed E-state index contributed by atoms with van der Waals surface area (Å²) in [4.78, 5) is 26.9. The third-order valence-electron chi connectivity index (χ3n) is 5.16. The Morgan fingerprint density at radius 3 is 2.86 bits per heavy atom. The molecular weight excluding hydrogens is 276 g/mol. The van der Waals surface area contributed by atoms with Crippen LogP contribution in [0.2, 0.25) is 0 Å². The molecule has 114 valence electrons. The molecule has 1 aliphatic heterocycles. The van der Waals surface area contributed by atoms with E-state index >= 15 is 0 Å². The van der Waals surface area contributed by atoms with Gasteiger partial charge in [-0.3, -0.25) is 14.2 Å². The number of hydrogen-bond donors (Lipinski definition) is 0. The van der Waals surface area contributed by atoms with E-state index in [-0.39, 0.29) is 18.0 Å². The summed E-state index contributed by atoms with van der Waals surface area (Å²) in [6.45, 7) is 1.03. The Labute approximate surface area is 129 Å². The number of aromatic nitrogens is 1. The molecule has 1 aliphatic carbocycles. The van der Waals surface area contributed by atoms with E-state index < -0.39 is 0 Å². The van der Waals surface area contributed by atoms with Gasteiger partial charge in [0.15, 0.2) is 0 Å². The van der Waals surface area contributed by atoms with Gasteiger partial charge in [-0.15, -0.1) is 0 Å². The van der Waals surface area contributed by atoms with Crippen molar-refractivity contribution in [2.75, 3.05) is 6.54 Å². The molecule has 1 aromatic carbocycles. The second kappa shape index (κ2) is 5.27. The fourth-order valence-corrected chi connectivity index (χ4v) is 4.08. The quantitative estimate of drug-likeness (QED) is 0.854. The number of carbonyl (C=O) groups excluding carboxylic acids is 1. The van der Waals surface area contributed by atoms with Crippen LogP contribution >= 0.6 is 0 Å². The van der Waals surface area contributed by atoms with Gasteiger partial charge in [0.05, 0.1) is 5.52 Å². The van der Waals surface area contributed by atoms with Crippen molar-refractivity contribution in [3.05, 3.63) is 46.8 Å². The van der Waals surface area contributed by atoms with E-state index in [0.29, 0.717) is 12.0 Å². The fourth-order valence-electron chi connectivity index (χ4n) is 4.08. The average molecular weight is 296 g/mol. The number of nitrogens with zero attached hydrogens (tertiary/aromatic N) is 2. The Morgan fingerprint density at radius 2 is 2.00 bits per heavy atom. The maximum absolute atomic E-state index is 12.7. The second-order valence-corrected chi connectivity index (χ2v) is 6.55. The summed E-state index contributed by atoms with van der Waals surface area (Å²) in [5.74, 6) is 0.764. The fraction of sp³-hybridized carbons (Fsp3) is 0.444. The van der Waals surface area contributed by atoms with Crippen LogP contribution in [0.25, 0.3) is 10.9 Å². The van der Waals surface area contributed by atoms with Gasteiger partial charge < -0.3 is 4.90 Å². The Hall–Kier alpha value is -2.10. The van der Waals surface area contributed by atoms with Crippen molar-refractivity contribution in [1.82, 2.24) is 9.47 Å². The molecule has 2 aromatic rings. The molecule has 4 heteroatoms. The van der Waals surface area contributed by atoms with E-state index in [1.165, 1.54) is 12.8 Å². The van der Waals surface area contributed by atoms with Gasteiger partial charge in [-0.1, -0.05) is 24.6 Å². The third kappa shape index (κ3) is 2.23. The molecule has 22 heavy (non-hydrogen) atoms. The first-order chi connectivity index (χ1) is 10.7. The SMILES string of the molecule is O=C(Cn1c(=O)ccc2ccccc21)N1CC2CCCC1C2. The lowest BCUT2D eigenvalue weighted by Crippen LogP contribution is -2.39. The number of pyridine rings is 1. The van der Waals surface area contributed by atoms with Crippen LogP contribution in [0.15, 0.2) is 41.2 Å². The Bertz CT molecular complexity index is 780. The van der Waals surface area contributed by atoms with Crippen LogP contribution in [0.5, 0.6) is 0 Å². The van der Waals surface area contributed by atoms with E-state index in [0.717, 1.165) is 30.3 Å². The normalized spacial score (nSPS) is 23.9. The van der Waals surface area contributed by atoms with Crippen LogP contribution in [0.1, 0.15) is 25.7 Å². The molecule has 0 spiro atoms. The number of fused-ring (bicyclic) bond motifs is 3. The van der Waals surface area contributed by atoms with Crippen LogP contribution in [0.3, 0.4) is 0 Å². The first-order valence-electron chi connectivity index (χ1n) is 8.10. The van der Waals surface area contributed by atoms with Crippen molar-refractivity contribution >= 4 is 16.8 Å². The highest BCUT2D eigenvalue weighted by molar-refractivity contribution is 5.82. The third-order valence-corrected chi connectivity index (χ3v) is 5.16. The molecule has 2 heterocycles. The summed E-state index contributed by atoms with van der Waals surface area (Å²) in [7, 11) is 0. The molecule has 4 nitrogen and oxygen atoms in total. The van der Waals surface area contributed by atoms with Crippen molar-refractivity contribution in [1.29, 1.82) is 0 Å². The Morgan fingerprint density at radius 1 is 1.14 bits per heavy atom. The van der Waals surface area contributed by atoms with Crippen molar-refractivity contribution in [3.8, 4) is 0 Å². The van der Waals surface area contributed by atoms with Crippen molar-refractivity contribution < 1.29 is 4.79 Å². The summed E-state index contributed by atoms with van der Waals surface area (Å²) in [6, 6.07) is 11.5. The van der Waals surface area contributed by atoms with E-state index in [9.17, 15) is 9.59 Å². The van der Waals surface area contributed by atoms with Crippen molar-refractivity contribution in [2.24, 2.45) is 5.92 Å². The van der Waals surface area contributed by atoms with E-state index in [1.54, 1.807) is 10.6 Å². The molecule has 2 bridgehead atoms. The standard InChI is InChI=1S/C18H20N2O2/c21-17-9-8-14-5-1-2-7-16(14)20(17)12-18(22)19-11-13-4-3-6-15(19)10-13/h1-2,5,7-9,13,15H,3-4,6,10-12H2. The largest absolute Gasteiger partial charge is 0.338 e. The van der Waals surface area contributed by atoms with Crippen LogP contribution in [-0.2, 0) is 11.3 Å². The topological polar surface area (TPSA) is 42.3 Å². The molecule has 2 fully saturated rings. The second-order valence-electron chi connectivity index (χ2n) is 6.55. The lowest BCUT2D eigenvalue weighted by Gasteiger charge is -2.25. The molecule has 1 saturated carbocycles. The first-order valence-corrected chi connectivity index (χ1v) is 8.10. The van der Waals surface area contributed by atoms with E-state index in [1.807, 2.05) is 35.2 Å². The molecule has 1 saturated heterocycles. The first kappa shape index (κ1) is 13.6. The zero-order valence-electron chi connectivity index (χ0n) is 12.6. The number of para-hydroxylation sites is 1. The number of likely N-dealkylation sites (tertiary alicyclic amines) is 1. The highest BCUT2D eigenvalue weighted by Gasteiger charge is 2.37. The maximum Gasteiger partial charge on any atom is 0.251 e. The van der Waals surface area contributed by atoms with E-state index in [2.05, 4.69) is 0 Å². The molecule has 2 unspecified atom stereocenters. The minimum Gasteiger partial charge on any atom is -0.338 e. The van der Waals surface area contributed by atoms with Gasteiger partial charge in [0.1, 0.15) is 6.54 Å². The van der Waals surface area contributed by atoms with Gasteiger partial charge in [-0.2, -0.15) is 0 Å². The number of carbonyl (C=O) groups is 1. The molecule has 2 aliphatic rings. The van der Waals surface area contributed by atoms with Gasteiger partial charge in [-0.25, -0.2) is 0 Å². The summed E-state index contributed by atoms with van der Waals surface area (Å²) in [5.41, 5.74) is 0.736. The molecule has 4 rings (SSSR count). The number of rotatable bonds is 2. The van der Waals surface area contributed by atoms with Gasteiger partial charge >= 0.3 is 0 Å². The number of benzene rings is 1. The maximum atomic E-state index is 12.7. The summed E-state index contributed by atoms with van der Waals surface area (Å²) >= 11 is 0. The monoisotopic (exact) mass is 296 g/mol. The van der Waals surface area contributed by atoms with Crippen molar-refractivity contribution in [2.45, 2.75) is 38.3 Å². The highest BCUT2D eigenvalue weighted by Crippen LogP contribution is 2.35. The van der Waals surface area contributed by atoms with Crippen LogP contribution in [0.4, 0.5) is 0 Å².